The predicted octanol–water partition coefficient (Wildman–Crippen LogP) is 4.05. The second-order valence-corrected chi connectivity index (χ2v) is 6.72. The molecule has 0 fully saturated rings. The van der Waals surface area contributed by atoms with Crippen LogP contribution in [0.1, 0.15) is 54.0 Å². The molecule has 144 valence electrons. The lowest BCUT2D eigenvalue weighted by atomic mass is 9.92. The molecule has 0 heterocycles. The number of nitrogens with one attached hydrogen (secondary N) is 1. The van der Waals surface area contributed by atoms with E-state index in [0.29, 0.717) is 19.4 Å². The zero-order valence-electron chi connectivity index (χ0n) is 15.6. The van der Waals surface area contributed by atoms with Gasteiger partial charge in [0.25, 0.3) is 0 Å². The van der Waals surface area contributed by atoms with Crippen molar-refractivity contribution in [1.29, 1.82) is 0 Å². The highest BCUT2D eigenvalue weighted by molar-refractivity contribution is 5.68. The van der Waals surface area contributed by atoms with Gasteiger partial charge in [-0.2, -0.15) is 0 Å². The SMILES string of the molecule is O=C(O)CCCCCNC(=O)OC1Cc2ccccc2C#Cc2ccccc21. The molecule has 0 saturated carbocycles. The molecule has 28 heavy (non-hydrogen) atoms. The van der Waals surface area contributed by atoms with Gasteiger partial charge in [-0.05, 0) is 30.5 Å². The van der Waals surface area contributed by atoms with E-state index in [2.05, 4.69) is 17.2 Å². The first-order valence-electron chi connectivity index (χ1n) is 9.48. The van der Waals surface area contributed by atoms with E-state index in [1.807, 2.05) is 48.5 Å². The summed E-state index contributed by atoms with van der Waals surface area (Å²) >= 11 is 0. The summed E-state index contributed by atoms with van der Waals surface area (Å²) in [7, 11) is 0. The van der Waals surface area contributed by atoms with Gasteiger partial charge in [0.05, 0.1) is 0 Å². The Balaban J connectivity index is 1.64. The van der Waals surface area contributed by atoms with Gasteiger partial charge in [-0.15, -0.1) is 0 Å². The monoisotopic (exact) mass is 377 g/mol. The van der Waals surface area contributed by atoms with Gasteiger partial charge in [0.2, 0.25) is 0 Å². The number of carbonyl (C=O) groups excluding carboxylic acids is 1. The van der Waals surface area contributed by atoms with Gasteiger partial charge < -0.3 is 15.2 Å². The Morgan fingerprint density at radius 2 is 1.71 bits per heavy atom. The molecule has 3 rings (SSSR count). The molecule has 0 bridgehead atoms. The molecule has 2 aromatic carbocycles. The van der Waals surface area contributed by atoms with E-state index in [-0.39, 0.29) is 6.42 Å². The van der Waals surface area contributed by atoms with Crippen molar-refractivity contribution in [3.8, 4) is 11.8 Å². The lowest BCUT2D eigenvalue weighted by Crippen LogP contribution is -2.28. The molecule has 0 aromatic heterocycles. The third-order valence-corrected chi connectivity index (χ3v) is 4.65. The number of benzene rings is 2. The number of carboxylic acids is 1. The van der Waals surface area contributed by atoms with Crippen LogP contribution in [0.25, 0.3) is 0 Å². The normalized spacial score (nSPS) is 14.4. The number of hydrogen-bond acceptors (Lipinski definition) is 3. The Morgan fingerprint density at radius 3 is 2.54 bits per heavy atom. The van der Waals surface area contributed by atoms with Crippen LogP contribution in [-0.4, -0.2) is 23.7 Å². The van der Waals surface area contributed by atoms with Crippen molar-refractivity contribution in [2.45, 2.75) is 38.2 Å². The van der Waals surface area contributed by atoms with Crippen molar-refractivity contribution >= 4 is 12.1 Å². The van der Waals surface area contributed by atoms with Crippen LogP contribution in [-0.2, 0) is 16.0 Å². The fourth-order valence-corrected chi connectivity index (χ4v) is 3.20. The van der Waals surface area contributed by atoms with Crippen LogP contribution in [0.4, 0.5) is 4.79 Å². The molecule has 0 aliphatic heterocycles. The molecular weight excluding hydrogens is 354 g/mol. The Labute approximate surface area is 164 Å². The highest BCUT2D eigenvalue weighted by atomic mass is 16.6. The van der Waals surface area contributed by atoms with Crippen LogP contribution >= 0.6 is 0 Å². The molecule has 1 amide bonds. The van der Waals surface area contributed by atoms with Gasteiger partial charge in [0.1, 0.15) is 6.10 Å². The summed E-state index contributed by atoms with van der Waals surface area (Å²) in [6, 6.07) is 15.6. The molecule has 0 saturated heterocycles. The Bertz CT molecular complexity index is 910. The fraction of sp³-hybridized carbons (Fsp3) is 0.304. The number of hydrogen-bond donors (Lipinski definition) is 2. The van der Waals surface area contributed by atoms with E-state index < -0.39 is 18.2 Å². The molecule has 1 aliphatic carbocycles. The Morgan fingerprint density at radius 1 is 1.00 bits per heavy atom. The molecule has 5 nitrogen and oxygen atoms in total. The zero-order valence-corrected chi connectivity index (χ0v) is 15.6. The summed E-state index contributed by atoms with van der Waals surface area (Å²) in [5.41, 5.74) is 3.77. The van der Waals surface area contributed by atoms with Crippen LogP contribution in [0, 0.1) is 11.8 Å². The molecular formula is C23H23NO4. The lowest BCUT2D eigenvalue weighted by Gasteiger charge is -2.22. The number of carbonyl (C=O) groups is 2. The van der Waals surface area contributed by atoms with Crippen LogP contribution in [0.2, 0.25) is 0 Å². The average molecular weight is 377 g/mol. The van der Waals surface area contributed by atoms with Crippen molar-refractivity contribution in [2.75, 3.05) is 6.54 Å². The molecule has 2 aromatic rings. The van der Waals surface area contributed by atoms with Crippen molar-refractivity contribution in [1.82, 2.24) is 5.32 Å². The standard InChI is InChI=1S/C23H23NO4/c25-22(26)12-2-1-7-15-24-23(27)28-21-16-19-10-4-3-8-17(19)13-14-18-9-5-6-11-20(18)21/h3-6,8-11,21H,1-2,7,12,15-16H2,(H,24,27)(H,25,26). The number of aliphatic carboxylic acids is 1. The second kappa shape index (κ2) is 9.61. The predicted molar refractivity (Wildman–Crippen MR) is 106 cm³/mol. The number of unbranched alkanes of at least 4 members (excludes halogenated alkanes) is 2. The minimum Gasteiger partial charge on any atom is -0.481 e. The maximum atomic E-state index is 12.3. The van der Waals surface area contributed by atoms with E-state index in [1.54, 1.807) is 0 Å². The van der Waals surface area contributed by atoms with Crippen LogP contribution in [0.15, 0.2) is 48.5 Å². The van der Waals surface area contributed by atoms with Crippen molar-refractivity contribution in [3.05, 3.63) is 70.8 Å². The smallest absolute Gasteiger partial charge is 0.407 e. The van der Waals surface area contributed by atoms with E-state index in [9.17, 15) is 9.59 Å². The maximum absolute atomic E-state index is 12.3. The molecule has 0 radical (unpaired) electrons. The number of fused-ring (bicyclic) bond motifs is 2. The summed E-state index contributed by atoms with van der Waals surface area (Å²) in [6.07, 6.45) is 1.91. The first-order chi connectivity index (χ1) is 13.6. The third kappa shape index (κ3) is 5.37. The Kier molecular flexibility index (Phi) is 6.69. The summed E-state index contributed by atoms with van der Waals surface area (Å²) < 4.78 is 5.74. The number of ether oxygens (including phenoxy) is 1. The molecule has 0 spiro atoms. The van der Waals surface area contributed by atoms with Crippen molar-refractivity contribution < 1.29 is 19.4 Å². The van der Waals surface area contributed by atoms with Crippen molar-refractivity contribution in [3.63, 3.8) is 0 Å². The van der Waals surface area contributed by atoms with Crippen molar-refractivity contribution in [2.24, 2.45) is 0 Å². The van der Waals surface area contributed by atoms with Gasteiger partial charge in [-0.3, -0.25) is 4.79 Å². The maximum Gasteiger partial charge on any atom is 0.407 e. The summed E-state index contributed by atoms with van der Waals surface area (Å²) in [4.78, 5) is 22.8. The minimum absolute atomic E-state index is 0.156. The molecule has 5 heteroatoms. The quantitative estimate of drug-likeness (QED) is 0.564. The van der Waals surface area contributed by atoms with E-state index in [0.717, 1.165) is 35.1 Å². The molecule has 1 unspecified atom stereocenters. The van der Waals surface area contributed by atoms with Crippen LogP contribution < -0.4 is 5.32 Å². The highest BCUT2D eigenvalue weighted by Gasteiger charge is 2.22. The van der Waals surface area contributed by atoms with Crippen LogP contribution in [0.5, 0.6) is 0 Å². The lowest BCUT2D eigenvalue weighted by molar-refractivity contribution is -0.137. The van der Waals surface area contributed by atoms with Gasteiger partial charge in [0.15, 0.2) is 0 Å². The van der Waals surface area contributed by atoms with Gasteiger partial charge in [0, 0.05) is 36.1 Å². The van der Waals surface area contributed by atoms with Gasteiger partial charge in [-0.1, -0.05) is 54.7 Å². The highest BCUT2D eigenvalue weighted by Crippen LogP contribution is 2.28. The molecule has 2 N–H and O–H groups in total. The number of rotatable bonds is 7. The second-order valence-electron chi connectivity index (χ2n) is 6.72. The average Bonchev–Trinajstić information content (AvgIpc) is 2.68. The van der Waals surface area contributed by atoms with Gasteiger partial charge in [-0.25, -0.2) is 4.79 Å². The largest absolute Gasteiger partial charge is 0.481 e. The zero-order chi connectivity index (χ0) is 19.8. The van der Waals surface area contributed by atoms with Gasteiger partial charge >= 0.3 is 12.1 Å². The van der Waals surface area contributed by atoms with E-state index in [1.165, 1.54) is 0 Å². The number of amides is 1. The Hall–Kier alpha value is -3.26. The number of carboxylic acid groups (broad SMARTS) is 1. The third-order valence-electron chi connectivity index (χ3n) is 4.65. The fourth-order valence-electron chi connectivity index (χ4n) is 3.20. The van der Waals surface area contributed by atoms with Crippen LogP contribution in [0.3, 0.4) is 0 Å². The van der Waals surface area contributed by atoms with E-state index in [4.69, 9.17) is 9.84 Å². The number of alkyl carbamates (subject to hydrolysis) is 1. The first-order valence-corrected chi connectivity index (χ1v) is 9.48. The summed E-state index contributed by atoms with van der Waals surface area (Å²) in [6.45, 7) is 0.462. The molecule has 1 aliphatic rings. The van der Waals surface area contributed by atoms with E-state index >= 15 is 0 Å². The summed E-state index contributed by atoms with van der Waals surface area (Å²) in [5, 5.41) is 11.4. The summed E-state index contributed by atoms with van der Waals surface area (Å²) in [5.74, 6) is 5.61. The topological polar surface area (TPSA) is 75.6 Å². The minimum atomic E-state index is -0.793. The molecule has 1 atom stereocenters. The first kappa shape index (κ1) is 19.5.